The highest BCUT2D eigenvalue weighted by molar-refractivity contribution is 8.18. The Hall–Kier alpha value is -6.07. The van der Waals surface area contributed by atoms with Crippen molar-refractivity contribution in [3.8, 4) is 11.3 Å². The van der Waals surface area contributed by atoms with Crippen LogP contribution in [0.3, 0.4) is 0 Å². The molecule has 0 unspecified atom stereocenters. The number of amides is 4. The van der Waals surface area contributed by atoms with E-state index < -0.39 is 33.6 Å². The van der Waals surface area contributed by atoms with Gasteiger partial charge in [0.25, 0.3) is 11.6 Å². The number of alkyl halides is 2. The van der Waals surface area contributed by atoms with E-state index in [0.717, 1.165) is 11.8 Å². The SMILES string of the molecule is CC(C)(C)OC(=O)N1CCC(C(=O)O)CC1.CC(C)(C)OC(=O)N1CCC(C(=O)OCCl)CC1.CC(C)(C)OC(=O)N1CCC(C(=O)OCCl)CC1.NC1=NC(=O)/C(=C/c2ccc(-c3ccccc3[N+](=O)[O-])o2)S1. The Morgan fingerprint density at radius 3 is 1.45 bits per heavy atom. The van der Waals surface area contributed by atoms with Crippen molar-refractivity contribution < 1.29 is 71.7 Å². The first-order chi connectivity index (χ1) is 34.5. The van der Waals surface area contributed by atoms with Crippen molar-refractivity contribution >= 4 is 94.0 Å². The number of carboxylic acid groups (broad SMARTS) is 1. The number of nitro groups is 1. The van der Waals surface area contributed by atoms with E-state index in [1.54, 1.807) is 45.0 Å². The maximum absolute atomic E-state index is 11.8. The molecule has 2 aromatic rings. The molecule has 4 aliphatic heterocycles. The Morgan fingerprint density at radius 1 is 0.716 bits per heavy atom. The van der Waals surface area contributed by atoms with Crippen LogP contribution >= 0.6 is 35.0 Å². The van der Waals surface area contributed by atoms with Crippen LogP contribution in [-0.2, 0) is 42.9 Å². The van der Waals surface area contributed by atoms with E-state index in [2.05, 4.69) is 4.99 Å². The molecule has 4 amide bonds. The van der Waals surface area contributed by atoms with Gasteiger partial charge in [0.15, 0.2) is 17.3 Å². The standard InChI is InChI=1S/C14H9N3O4S.2C12H20ClNO4.C11H19NO4/c15-14-16-13(18)12(22-14)7-8-5-6-11(21-8)9-3-1-2-4-10(9)17(19)20;2*1-12(2,3)18-11(16)14-6-4-9(5-7-14)10(15)17-8-13;1-11(2,3)16-10(15)12-6-4-8(5-7-12)9(13)14/h1-7H,(H2,15,16,18);2*9H,4-8H2,1-3H3;8H,4-7H2,1-3H3,(H,13,14)/b12-7-;;;. The van der Waals surface area contributed by atoms with Crippen molar-refractivity contribution in [2.45, 2.75) is 118 Å². The second-order valence-electron chi connectivity index (χ2n) is 20.1. The van der Waals surface area contributed by atoms with Crippen LogP contribution in [0, 0.1) is 27.9 Å². The Balaban J connectivity index is 0.000000262. The number of halogens is 2. The lowest BCUT2D eigenvalue weighted by Crippen LogP contribution is -2.43. The number of thioether (sulfide) groups is 1. The number of ether oxygens (including phenoxy) is 5. The molecule has 4 aliphatic rings. The van der Waals surface area contributed by atoms with Crippen molar-refractivity contribution in [2.24, 2.45) is 28.5 Å². The molecule has 410 valence electrons. The molecule has 0 radical (unpaired) electrons. The molecule has 1 aromatic heterocycles. The molecule has 1 aromatic carbocycles. The number of amidine groups is 1. The number of nitrogens with zero attached hydrogens (tertiary/aromatic N) is 5. The largest absolute Gasteiger partial charge is 0.481 e. The van der Waals surface area contributed by atoms with E-state index in [4.69, 9.17) is 62.1 Å². The Kier molecular flexibility index (Phi) is 24.0. The highest BCUT2D eigenvalue weighted by atomic mass is 35.5. The van der Waals surface area contributed by atoms with Gasteiger partial charge in [-0.2, -0.15) is 4.99 Å². The number of para-hydroxylation sites is 1. The summed E-state index contributed by atoms with van der Waals surface area (Å²) < 4.78 is 30.8. The molecule has 0 atom stereocenters. The first kappa shape index (κ1) is 62.2. The normalized spacial score (nSPS) is 17.2. The van der Waals surface area contributed by atoms with Gasteiger partial charge in [-0.1, -0.05) is 35.3 Å². The van der Waals surface area contributed by atoms with E-state index in [9.17, 15) is 43.7 Å². The van der Waals surface area contributed by atoms with Crippen LogP contribution in [0.15, 0.2) is 50.7 Å². The molecule has 0 bridgehead atoms. The Bertz CT molecular complexity index is 2270. The van der Waals surface area contributed by atoms with Gasteiger partial charge in [0.05, 0.1) is 33.1 Å². The van der Waals surface area contributed by atoms with Crippen LogP contribution in [0.4, 0.5) is 20.1 Å². The van der Waals surface area contributed by atoms with Crippen LogP contribution < -0.4 is 5.73 Å². The zero-order valence-electron chi connectivity index (χ0n) is 43.2. The fourth-order valence-electron chi connectivity index (χ4n) is 7.20. The lowest BCUT2D eigenvalue weighted by molar-refractivity contribution is -0.384. The van der Waals surface area contributed by atoms with Gasteiger partial charge in [-0.3, -0.25) is 29.3 Å². The molecule has 3 fully saturated rings. The van der Waals surface area contributed by atoms with Gasteiger partial charge in [-0.25, -0.2) is 14.4 Å². The summed E-state index contributed by atoms with van der Waals surface area (Å²) in [6.45, 7) is 19.4. The lowest BCUT2D eigenvalue weighted by Gasteiger charge is -2.32. The number of aliphatic imine (C=N–C) groups is 1. The second kappa shape index (κ2) is 28.6. The molecule has 0 spiro atoms. The fourth-order valence-corrected chi connectivity index (χ4v) is 8.08. The van der Waals surface area contributed by atoms with Crippen LogP contribution in [0.25, 0.3) is 17.4 Å². The third-order valence-corrected chi connectivity index (χ3v) is 11.8. The molecule has 5 heterocycles. The van der Waals surface area contributed by atoms with E-state index in [1.165, 1.54) is 12.1 Å². The van der Waals surface area contributed by atoms with Crippen LogP contribution in [0.2, 0.25) is 0 Å². The van der Waals surface area contributed by atoms with Gasteiger partial charge in [0, 0.05) is 51.4 Å². The molecule has 74 heavy (non-hydrogen) atoms. The average molecular weight is 1100 g/mol. The Labute approximate surface area is 444 Å². The van der Waals surface area contributed by atoms with E-state index in [1.807, 2.05) is 62.3 Å². The van der Waals surface area contributed by atoms with Crippen LogP contribution in [0.5, 0.6) is 0 Å². The smallest absolute Gasteiger partial charge is 0.410 e. The number of carbonyl (C=O) groups is 7. The molecule has 22 nitrogen and oxygen atoms in total. The minimum absolute atomic E-state index is 0.0463. The second-order valence-corrected chi connectivity index (χ2v) is 21.5. The zero-order chi connectivity index (χ0) is 55.6. The number of hydrogen-bond acceptors (Lipinski definition) is 17. The molecular weight excluding hydrogens is 1030 g/mol. The molecule has 6 rings (SSSR count). The lowest BCUT2D eigenvalue weighted by atomic mass is 9.97. The number of hydrogen-bond donors (Lipinski definition) is 2. The predicted molar refractivity (Wildman–Crippen MR) is 276 cm³/mol. The summed E-state index contributed by atoms with van der Waals surface area (Å²) in [5.41, 5.74) is 4.30. The summed E-state index contributed by atoms with van der Waals surface area (Å²) in [4.78, 5) is 99.7. The quantitative estimate of drug-likeness (QED) is 0.0621. The summed E-state index contributed by atoms with van der Waals surface area (Å²) >= 11 is 11.7. The number of carbonyl (C=O) groups excluding carboxylic acids is 6. The number of benzene rings is 1. The summed E-state index contributed by atoms with van der Waals surface area (Å²) in [6, 6.07) is 9.28. The van der Waals surface area contributed by atoms with Gasteiger partial charge >= 0.3 is 36.2 Å². The zero-order valence-corrected chi connectivity index (χ0v) is 45.5. The van der Waals surface area contributed by atoms with Crippen LogP contribution in [-0.4, -0.2) is 140 Å². The predicted octanol–water partition coefficient (Wildman–Crippen LogP) is 9.25. The number of rotatable bonds is 8. The van der Waals surface area contributed by atoms with E-state index >= 15 is 0 Å². The number of esters is 2. The fraction of sp³-hybridized carbons (Fsp3) is 0.592. The molecule has 25 heteroatoms. The summed E-state index contributed by atoms with van der Waals surface area (Å²) in [5, 5.41) is 20.0. The van der Waals surface area contributed by atoms with E-state index in [0.29, 0.717) is 99.8 Å². The average Bonchev–Trinajstić information content (AvgIpc) is 3.92. The maximum atomic E-state index is 11.8. The molecular formula is C49H68Cl2N6O16S. The third-order valence-electron chi connectivity index (χ3n) is 10.8. The van der Waals surface area contributed by atoms with Gasteiger partial charge < -0.3 is 53.6 Å². The maximum Gasteiger partial charge on any atom is 0.410 e. The monoisotopic (exact) mass is 1100 g/mol. The van der Waals surface area contributed by atoms with Gasteiger partial charge in [-0.05, 0) is 131 Å². The van der Waals surface area contributed by atoms with Crippen molar-refractivity contribution in [1.82, 2.24) is 14.7 Å². The third kappa shape index (κ3) is 21.8. The number of furan rings is 1. The Morgan fingerprint density at radius 2 is 1.11 bits per heavy atom. The molecule has 0 aliphatic carbocycles. The molecule has 3 saturated heterocycles. The summed E-state index contributed by atoms with van der Waals surface area (Å²) in [5.74, 6) is -1.67. The number of nitrogens with two attached hydrogens (primary N) is 1. The number of nitro benzene ring substituents is 1. The number of likely N-dealkylation sites (tertiary alicyclic amines) is 3. The topological polar surface area (TPSA) is 290 Å². The number of aliphatic carboxylic acids is 1. The minimum atomic E-state index is -0.774. The highest BCUT2D eigenvalue weighted by Gasteiger charge is 2.33. The number of piperidine rings is 3. The van der Waals surface area contributed by atoms with Gasteiger partial charge in [0.1, 0.15) is 28.3 Å². The van der Waals surface area contributed by atoms with Crippen molar-refractivity contribution in [1.29, 1.82) is 0 Å². The van der Waals surface area contributed by atoms with Crippen molar-refractivity contribution in [3.05, 3.63) is 57.2 Å². The molecule has 3 N–H and O–H groups in total. The van der Waals surface area contributed by atoms with Crippen molar-refractivity contribution in [3.63, 3.8) is 0 Å². The first-order valence-corrected chi connectivity index (χ1v) is 25.6. The first-order valence-electron chi connectivity index (χ1n) is 23.7. The van der Waals surface area contributed by atoms with Gasteiger partial charge in [0.2, 0.25) is 0 Å². The molecule has 0 saturated carbocycles. The van der Waals surface area contributed by atoms with Crippen LogP contribution in [0.1, 0.15) is 107 Å². The summed E-state index contributed by atoms with van der Waals surface area (Å²) in [6.07, 6.45) is 3.89. The minimum Gasteiger partial charge on any atom is -0.481 e. The van der Waals surface area contributed by atoms with E-state index in [-0.39, 0.29) is 71.0 Å². The number of carboxylic acids is 1. The summed E-state index contributed by atoms with van der Waals surface area (Å²) in [7, 11) is 0. The van der Waals surface area contributed by atoms with Crippen molar-refractivity contribution in [2.75, 3.05) is 51.4 Å². The van der Waals surface area contributed by atoms with Gasteiger partial charge in [-0.15, -0.1) is 0 Å². The highest BCUT2D eigenvalue weighted by Crippen LogP contribution is 2.33.